The molecule has 4 nitrogen and oxygen atoms in total. The molecule has 0 atom stereocenters. The van der Waals surface area contributed by atoms with E-state index in [2.05, 4.69) is 16.9 Å². The van der Waals surface area contributed by atoms with Gasteiger partial charge in [-0.25, -0.2) is 0 Å². The van der Waals surface area contributed by atoms with Gasteiger partial charge >= 0.3 is 5.97 Å². The maximum atomic E-state index is 11.1. The second kappa shape index (κ2) is 6.54. The first-order valence-corrected chi connectivity index (χ1v) is 9.67. The molecule has 4 aliphatic rings. The van der Waals surface area contributed by atoms with E-state index >= 15 is 0 Å². The first-order valence-electron chi connectivity index (χ1n) is 9.67. The van der Waals surface area contributed by atoms with Gasteiger partial charge in [0, 0.05) is 6.42 Å². The summed E-state index contributed by atoms with van der Waals surface area (Å²) >= 11 is 0. The number of methoxy groups -OCH3 is 1. The van der Waals surface area contributed by atoms with Crippen molar-refractivity contribution in [3.05, 3.63) is 23.8 Å². The van der Waals surface area contributed by atoms with Gasteiger partial charge in [-0.15, -0.1) is 0 Å². The molecule has 4 saturated carbocycles. The molecule has 0 heterocycles. The topological polar surface area (TPSA) is 61.5 Å². The van der Waals surface area contributed by atoms with Gasteiger partial charge in [0.05, 0.1) is 19.4 Å². The molecule has 0 radical (unpaired) electrons. The smallest absolute Gasteiger partial charge is 0.305 e. The van der Waals surface area contributed by atoms with Crippen molar-refractivity contribution in [1.29, 1.82) is 0 Å². The molecule has 2 N–H and O–H groups in total. The van der Waals surface area contributed by atoms with Crippen LogP contribution in [-0.2, 0) is 14.9 Å². The van der Waals surface area contributed by atoms with Crippen LogP contribution < -0.4 is 10.5 Å². The molecule has 25 heavy (non-hydrogen) atoms. The minimum absolute atomic E-state index is 0.200. The van der Waals surface area contributed by atoms with Crippen molar-refractivity contribution in [3.63, 3.8) is 0 Å². The van der Waals surface area contributed by atoms with Crippen molar-refractivity contribution >= 4 is 11.7 Å². The Morgan fingerprint density at radius 3 is 2.36 bits per heavy atom. The van der Waals surface area contributed by atoms with Gasteiger partial charge in [0.2, 0.25) is 0 Å². The average molecular weight is 343 g/mol. The number of nitrogens with two attached hydrogens (primary N) is 1. The lowest BCUT2D eigenvalue weighted by Gasteiger charge is -2.57. The fourth-order valence-electron chi connectivity index (χ4n) is 5.97. The van der Waals surface area contributed by atoms with Crippen LogP contribution in [0.3, 0.4) is 0 Å². The lowest BCUT2D eigenvalue weighted by molar-refractivity contribution is -0.140. The summed E-state index contributed by atoms with van der Waals surface area (Å²) in [7, 11) is 1.41. The van der Waals surface area contributed by atoms with E-state index in [0.717, 1.165) is 29.2 Å². The van der Waals surface area contributed by atoms with Gasteiger partial charge in [-0.2, -0.15) is 0 Å². The van der Waals surface area contributed by atoms with Gasteiger partial charge in [0.15, 0.2) is 0 Å². The van der Waals surface area contributed by atoms with E-state index in [1.165, 1.54) is 51.2 Å². The van der Waals surface area contributed by atoms with E-state index in [1.807, 2.05) is 6.07 Å². The number of hydrogen-bond donors (Lipinski definition) is 1. The summed E-state index contributed by atoms with van der Waals surface area (Å²) in [5, 5.41) is 0. The van der Waals surface area contributed by atoms with Crippen LogP contribution in [-0.4, -0.2) is 19.7 Å². The van der Waals surface area contributed by atoms with E-state index in [-0.39, 0.29) is 5.97 Å². The second-order valence-corrected chi connectivity index (χ2v) is 8.48. The van der Waals surface area contributed by atoms with Crippen LogP contribution >= 0.6 is 0 Å². The fraction of sp³-hybridized carbons (Fsp3) is 0.667. The van der Waals surface area contributed by atoms with Crippen LogP contribution in [0.15, 0.2) is 18.2 Å². The van der Waals surface area contributed by atoms with E-state index < -0.39 is 0 Å². The van der Waals surface area contributed by atoms with Crippen molar-refractivity contribution in [2.75, 3.05) is 19.5 Å². The Balaban J connectivity index is 1.43. The SMILES string of the molecule is COC(=O)CCCOc1ccc(C23CC4CC(CC(C4)C2)C3)cc1N. The van der Waals surface area contributed by atoms with Crippen molar-refractivity contribution < 1.29 is 14.3 Å². The molecular weight excluding hydrogens is 314 g/mol. The van der Waals surface area contributed by atoms with Gasteiger partial charge in [-0.05, 0) is 85.8 Å². The van der Waals surface area contributed by atoms with Gasteiger partial charge in [0.25, 0.3) is 0 Å². The normalized spacial score (nSPS) is 32.6. The Morgan fingerprint density at radius 2 is 1.80 bits per heavy atom. The Kier molecular flexibility index (Phi) is 4.38. The molecule has 1 aromatic rings. The largest absolute Gasteiger partial charge is 0.491 e. The number of nitrogen functional groups attached to an aromatic ring is 1. The van der Waals surface area contributed by atoms with Crippen LogP contribution in [0.2, 0.25) is 0 Å². The number of anilines is 1. The van der Waals surface area contributed by atoms with Gasteiger partial charge in [-0.1, -0.05) is 6.07 Å². The number of rotatable bonds is 6. The number of benzene rings is 1. The Labute approximate surface area is 150 Å². The first-order chi connectivity index (χ1) is 12.1. The monoisotopic (exact) mass is 343 g/mol. The lowest BCUT2D eigenvalue weighted by atomic mass is 9.48. The van der Waals surface area contributed by atoms with E-state index in [9.17, 15) is 4.79 Å². The summed E-state index contributed by atoms with van der Waals surface area (Å²) in [6.07, 6.45) is 9.42. The zero-order valence-electron chi connectivity index (χ0n) is 15.1. The number of hydrogen-bond acceptors (Lipinski definition) is 4. The van der Waals surface area contributed by atoms with Gasteiger partial charge < -0.3 is 15.2 Å². The van der Waals surface area contributed by atoms with Crippen LogP contribution in [0.4, 0.5) is 5.69 Å². The molecule has 0 spiro atoms. The van der Waals surface area contributed by atoms with Crippen molar-refractivity contribution in [1.82, 2.24) is 0 Å². The average Bonchev–Trinajstić information content (AvgIpc) is 2.58. The number of carbonyl (C=O) groups is 1. The highest BCUT2D eigenvalue weighted by molar-refractivity contribution is 5.69. The zero-order valence-corrected chi connectivity index (χ0v) is 15.1. The fourth-order valence-corrected chi connectivity index (χ4v) is 5.97. The highest BCUT2D eigenvalue weighted by Gasteiger charge is 2.51. The third-order valence-corrected chi connectivity index (χ3v) is 6.67. The molecule has 1 aromatic carbocycles. The third-order valence-electron chi connectivity index (χ3n) is 6.67. The summed E-state index contributed by atoms with van der Waals surface area (Å²) in [5.41, 5.74) is 8.81. The van der Waals surface area contributed by atoms with Crippen LogP contribution in [0.1, 0.15) is 56.9 Å². The summed E-state index contributed by atoms with van der Waals surface area (Å²) in [6, 6.07) is 6.42. The Bertz CT molecular complexity index is 619. The number of ether oxygens (including phenoxy) is 2. The maximum Gasteiger partial charge on any atom is 0.305 e. The second-order valence-electron chi connectivity index (χ2n) is 8.48. The molecule has 0 aliphatic heterocycles. The Hall–Kier alpha value is -1.71. The molecule has 4 aliphatic carbocycles. The lowest BCUT2D eigenvalue weighted by Crippen LogP contribution is -2.48. The molecule has 0 aromatic heterocycles. The van der Waals surface area contributed by atoms with E-state index in [0.29, 0.717) is 24.9 Å². The standard InChI is InChI=1S/C21H29NO3/c1-24-20(23)3-2-6-25-19-5-4-17(10-18(19)22)21-11-14-7-15(12-21)9-16(8-14)13-21/h4-5,10,14-16H,2-3,6-9,11-13,22H2,1H3. The molecule has 4 fully saturated rings. The molecule has 4 bridgehead atoms. The quantitative estimate of drug-likeness (QED) is 0.480. The molecule has 0 saturated heterocycles. The first kappa shape index (κ1) is 16.7. The molecule has 4 heteroatoms. The minimum Gasteiger partial charge on any atom is -0.491 e. The highest BCUT2D eigenvalue weighted by atomic mass is 16.5. The molecule has 5 rings (SSSR count). The number of carbonyl (C=O) groups excluding carboxylic acids is 1. The summed E-state index contributed by atoms with van der Waals surface area (Å²) < 4.78 is 10.4. The summed E-state index contributed by atoms with van der Waals surface area (Å²) in [5.74, 6) is 3.33. The number of esters is 1. The van der Waals surface area contributed by atoms with Gasteiger partial charge in [-0.3, -0.25) is 4.79 Å². The summed E-state index contributed by atoms with van der Waals surface area (Å²) in [4.78, 5) is 11.1. The van der Waals surface area contributed by atoms with Crippen LogP contribution in [0.25, 0.3) is 0 Å². The molecule has 0 unspecified atom stereocenters. The van der Waals surface area contributed by atoms with Gasteiger partial charge in [0.1, 0.15) is 5.75 Å². The van der Waals surface area contributed by atoms with Crippen molar-refractivity contribution in [2.24, 2.45) is 17.8 Å². The predicted octanol–water partition coefficient (Wildman–Crippen LogP) is 4.07. The van der Waals surface area contributed by atoms with E-state index in [1.54, 1.807) is 0 Å². The predicted molar refractivity (Wildman–Crippen MR) is 97.4 cm³/mol. The zero-order chi connectivity index (χ0) is 17.4. The maximum absolute atomic E-state index is 11.1. The summed E-state index contributed by atoms with van der Waals surface area (Å²) in [6.45, 7) is 0.482. The molecule has 0 amide bonds. The van der Waals surface area contributed by atoms with Crippen molar-refractivity contribution in [3.8, 4) is 5.75 Å². The van der Waals surface area contributed by atoms with Crippen LogP contribution in [0.5, 0.6) is 5.75 Å². The van der Waals surface area contributed by atoms with Crippen LogP contribution in [0, 0.1) is 17.8 Å². The molecular formula is C21H29NO3. The Morgan fingerprint density at radius 1 is 1.16 bits per heavy atom. The highest BCUT2D eigenvalue weighted by Crippen LogP contribution is 2.60. The van der Waals surface area contributed by atoms with E-state index in [4.69, 9.17) is 10.5 Å². The third kappa shape index (κ3) is 3.23. The van der Waals surface area contributed by atoms with Crippen molar-refractivity contribution in [2.45, 2.75) is 56.8 Å². The molecule has 136 valence electrons. The minimum atomic E-state index is -0.200.